The highest BCUT2D eigenvalue weighted by molar-refractivity contribution is 5.78. The van der Waals surface area contributed by atoms with Crippen LogP contribution in [-0.4, -0.2) is 58.0 Å². The molecular formula is C18H34N2O3. The van der Waals surface area contributed by atoms with E-state index in [0.29, 0.717) is 5.92 Å². The first-order chi connectivity index (χ1) is 10.3. The zero-order valence-electron chi connectivity index (χ0n) is 16.0. The van der Waals surface area contributed by atoms with Gasteiger partial charge in [0.05, 0.1) is 12.5 Å². The number of carbonyl (C=O) groups excluding carboxylic acids is 2. The van der Waals surface area contributed by atoms with Crippen LogP contribution in [0.15, 0.2) is 0 Å². The number of aliphatic hydroxyl groups excluding tert-OH is 1. The molecule has 0 spiro atoms. The third kappa shape index (κ3) is 3.87. The molecule has 0 aromatic carbocycles. The number of aliphatic hydroxyl groups is 1. The van der Waals surface area contributed by atoms with Crippen molar-refractivity contribution in [1.29, 1.82) is 0 Å². The lowest BCUT2D eigenvalue weighted by Crippen LogP contribution is -2.58. The van der Waals surface area contributed by atoms with Gasteiger partial charge in [0.2, 0.25) is 11.8 Å². The van der Waals surface area contributed by atoms with E-state index in [1.165, 1.54) is 0 Å². The Balaban J connectivity index is 0.000000231. The van der Waals surface area contributed by atoms with Gasteiger partial charge < -0.3 is 14.9 Å². The third-order valence-electron chi connectivity index (χ3n) is 6.55. The summed E-state index contributed by atoms with van der Waals surface area (Å²) in [4.78, 5) is 26.2. The Morgan fingerprint density at radius 3 is 1.91 bits per heavy atom. The Morgan fingerprint density at radius 2 is 1.43 bits per heavy atom. The van der Waals surface area contributed by atoms with E-state index in [9.17, 15) is 14.7 Å². The maximum absolute atomic E-state index is 11.3. The van der Waals surface area contributed by atoms with Crippen LogP contribution < -0.4 is 0 Å². The van der Waals surface area contributed by atoms with Gasteiger partial charge in [-0.25, -0.2) is 0 Å². The van der Waals surface area contributed by atoms with Gasteiger partial charge in [-0.05, 0) is 40.0 Å². The Kier molecular flexibility index (Phi) is 5.89. The second-order valence-corrected chi connectivity index (χ2v) is 8.21. The maximum atomic E-state index is 11.3. The summed E-state index contributed by atoms with van der Waals surface area (Å²) in [6.45, 7) is 12.4. The largest absolute Gasteiger partial charge is 0.392 e. The molecule has 3 unspecified atom stereocenters. The van der Waals surface area contributed by atoms with Crippen molar-refractivity contribution in [2.45, 2.75) is 78.0 Å². The van der Waals surface area contributed by atoms with E-state index in [4.69, 9.17) is 0 Å². The summed E-state index contributed by atoms with van der Waals surface area (Å²) in [5.41, 5.74) is -0.177. The number of likely N-dealkylation sites (tertiary alicyclic amines) is 2. The number of nitrogens with zero attached hydrogens (tertiary/aromatic N) is 2. The first-order valence-corrected chi connectivity index (χ1v) is 8.54. The number of carbonyl (C=O) groups is 2. The van der Waals surface area contributed by atoms with Crippen molar-refractivity contribution in [2.75, 3.05) is 14.1 Å². The van der Waals surface area contributed by atoms with Crippen molar-refractivity contribution in [3.63, 3.8) is 0 Å². The first-order valence-electron chi connectivity index (χ1n) is 8.54. The fourth-order valence-corrected chi connectivity index (χ4v) is 3.10. The number of piperidine rings is 2. The van der Waals surface area contributed by atoms with Crippen molar-refractivity contribution in [3.8, 4) is 0 Å². The Hall–Kier alpha value is -1.10. The lowest BCUT2D eigenvalue weighted by molar-refractivity contribution is -0.149. The molecule has 23 heavy (non-hydrogen) atoms. The van der Waals surface area contributed by atoms with Gasteiger partial charge in [-0.15, -0.1) is 0 Å². The van der Waals surface area contributed by atoms with Crippen molar-refractivity contribution >= 4 is 11.8 Å². The topological polar surface area (TPSA) is 60.9 Å². The molecule has 2 aliphatic rings. The average molecular weight is 326 g/mol. The third-order valence-corrected chi connectivity index (χ3v) is 6.55. The monoisotopic (exact) mass is 326 g/mol. The van der Waals surface area contributed by atoms with Gasteiger partial charge in [0.25, 0.3) is 0 Å². The molecule has 5 nitrogen and oxygen atoms in total. The summed E-state index contributed by atoms with van der Waals surface area (Å²) < 4.78 is 0. The van der Waals surface area contributed by atoms with Gasteiger partial charge >= 0.3 is 0 Å². The molecule has 0 radical (unpaired) electrons. The second-order valence-electron chi connectivity index (χ2n) is 8.21. The van der Waals surface area contributed by atoms with Crippen LogP contribution in [0.1, 0.15) is 60.8 Å². The molecule has 2 saturated heterocycles. The van der Waals surface area contributed by atoms with Crippen molar-refractivity contribution in [1.82, 2.24) is 9.80 Å². The summed E-state index contributed by atoms with van der Waals surface area (Å²) in [7, 11) is 3.70. The summed E-state index contributed by atoms with van der Waals surface area (Å²) in [5, 5.41) is 9.55. The normalized spacial score (nSPS) is 33.2. The Morgan fingerprint density at radius 1 is 0.957 bits per heavy atom. The molecule has 0 bridgehead atoms. The van der Waals surface area contributed by atoms with E-state index >= 15 is 0 Å². The SMILES string of the molecule is CC1C(O)CC(=O)N(C)C1(C)C.CC1CCC(=O)N(C)C1(C)C. The molecule has 0 aromatic rings. The minimum atomic E-state index is -0.483. The Labute approximate surface area is 141 Å². The maximum Gasteiger partial charge on any atom is 0.225 e. The van der Waals surface area contributed by atoms with Crippen LogP contribution in [0.3, 0.4) is 0 Å². The summed E-state index contributed by atoms with van der Waals surface area (Å²) in [5.74, 6) is 1.07. The van der Waals surface area contributed by atoms with Gasteiger partial charge in [0, 0.05) is 37.5 Å². The highest BCUT2D eigenvalue weighted by Gasteiger charge is 2.42. The van der Waals surface area contributed by atoms with Gasteiger partial charge in [-0.2, -0.15) is 0 Å². The summed E-state index contributed by atoms with van der Waals surface area (Å²) in [6.07, 6.45) is 1.54. The smallest absolute Gasteiger partial charge is 0.225 e. The number of rotatable bonds is 0. The zero-order valence-corrected chi connectivity index (χ0v) is 16.0. The molecule has 2 fully saturated rings. The van der Waals surface area contributed by atoms with E-state index < -0.39 is 6.10 Å². The van der Waals surface area contributed by atoms with Gasteiger partial charge in [-0.1, -0.05) is 13.8 Å². The van der Waals surface area contributed by atoms with Crippen LogP contribution in [-0.2, 0) is 9.59 Å². The number of hydrogen-bond donors (Lipinski definition) is 1. The molecule has 2 aliphatic heterocycles. The minimum Gasteiger partial charge on any atom is -0.392 e. The highest BCUT2D eigenvalue weighted by Crippen LogP contribution is 2.33. The minimum absolute atomic E-state index is 0.0330. The summed E-state index contributed by atoms with van der Waals surface area (Å²) in [6, 6.07) is 0. The molecule has 134 valence electrons. The van der Waals surface area contributed by atoms with Crippen LogP contribution >= 0.6 is 0 Å². The van der Waals surface area contributed by atoms with Gasteiger partial charge in [-0.3, -0.25) is 9.59 Å². The molecule has 5 heteroatoms. The van der Waals surface area contributed by atoms with Crippen LogP contribution in [0.2, 0.25) is 0 Å². The predicted molar refractivity (Wildman–Crippen MR) is 91.9 cm³/mol. The number of amides is 2. The van der Waals surface area contributed by atoms with E-state index in [-0.39, 0.29) is 35.2 Å². The van der Waals surface area contributed by atoms with Crippen molar-refractivity contribution in [2.24, 2.45) is 11.8 Å². The van der Waals surface area contributed by atoms with E-state index in [2.05, 4.69) is 20.8 Å². The molecule has 0 saturated carbocycles. The fourth-order valence-electron chi connectivity index (χ4n) is 3.10. The molecular weight excluding hydrogens is 292 g/mol. The van der Waals surface area contributed by atoms with Crippen LogP contribution in [0.25, 0.3) is 0 Å². The average Bonchev–Trinajstić information content (AvgIpc) is 2.47. The quantitative estimate of drug-likeness (QED) is 0.743. The van der Waals surface area contributed by atoms with Crippen LogP contribution in [0.5, 0.6) is 0 Å². The molecule has 1 N–H and O–H groups in total. The lowest BCUT2D eigenvalue weighted by Gasteiger charge is -2.46. The Bertz CT molecular complexity index is 459. The standard InChI is InChI=1S/C9H17NO2.C9H17NO/c1-6-7(11)5-8(12)10(4)9(6,2)3;1-7-5-6-8(11)10(4)9(7,2)3/h6-7,11H,5H2,1-4H3;7H,5-6H2,1-4H3. The molecule has 2 amide bonds. The molecule has 0 aliphatic carbocycles. The van der Waals surface area contributed by atoms with Crippen LogP contribution in [0.4, 0.5) is 0 Å². The zero-order chi connectivity index (χ0) is 18.2. The highest BCUT2D eigenvalue weighted by atomic mass is 16.3. The second kappa shape index (κ2) is 6.80. The van der Waals surface area contributed by atoms with E-state index in [1.807, 2.05) is 32.7 Å². The van der Waals surface area contributed by atoms with Gasteiger partial charge in [0.1, 0.15) is 0 Å². The van der Waals surface area contributed by atoms with Gasteiger partial charge in [0.15, 0.2) is 0 Å². The van der Waals surface area contributed by atoms with E-state index in [0.717, 1.165) is 12.8 Å². The van der Waals surface area contributed by atoms with Crippen molar-refractivity contribution < 1.29 is 14.7 Å². The lowest BCUT2D eigenvalue weighted by atomic mass is 9.78. The fraction of sp³-hybridized carbons (Fsp3) is 0.889. The van der Waals surface area contributed by atoms with Crippen LogP contribution in [0, 0.1) is 11.8 Å². The summed E-state index contributed by atoms with van der Waals surface area (Å²) >= 11 is 0. The van der Waals surface area contributed by atoms with Crippen molar-refractivity contribution in [3.05, 3.63) is 0 Å². The molecule has 3 atom stereocenters. The molecule has 0 aromatic heterocycles. The first kappa shape index (κ1) is 19.9. The predicted octanol–water partition coefficient (Wildman–Crippen LogP) is 2.28. The van der Waals surface area contributed by atoms with E-state index in [1.54, 1.807) is 11.9 Å². The molecule has 2 rings (SSSR count). The molecule has 2 heterocycles. The number of hydrogen-bond acceptors (Lipinski definition) is 3.